The van der Waals surface area contributed by atoms with E-state index in [-0.39, 0.29) is 5.91 Å². The molecular formula is C14H23N3O. The van der Waals surface area contributed by atoms with Gasteiger partial charge in [-0.1, -0.05) is 20.8 Å². The minimum Gasteiger partial charge on any atom is -0.373 e. The monoisotopic (exact) mass is 249 g/mol. The molecular weight excluding hydrogens is 226 g/mol. The average molecular weight is 249 g/mol. The lowest BCUT2D eigenvalue weighted by atomic mass is 10.1. The SMILES string of the molecule is CCc1cc(C(=O)N(C)CC(C)C)cc(NC)n1. The van der Waals surface area contributed by atoms with Gasteiger partial charge >= 0.3 is 0 Å². The van der Waals surface area contributed by atoms with Gasteiger partial charge in [0.25, 0.3) is 5.91 Å². The molecule has 0 unspecified atom stereocenters. The van der Waals surface area contributed by atoms with Gasteiger partial charge in [-0.15, -0.1) is 0 Å². The topological polar surface area (TPSA) is 45.2 Å². The largest absolute Gasteiger partial charge is 0.373 e. The molecule has 0 radical (unpaired) electrons. The van der Waals surface area contributed by atoms with Crippen LogP contribution in [0.1, 0.15) is 36.8 Å². The Labute approximate surface area is 109 Å². The molecule has 0 aromatic carbocycles. The number of aromatic nitrogens is 1. The predicted octanol–water partition coefficient (Wildman–Crippen LogP) is 2.41. The van der Waals surface area contributed by atoms with Crippen molar-refractivity contribution in [3.05, 3.63) is 23.4 Å². The first-order valence-corrected chi connectivity index (χ1v) is 6.42. The van der Waals surface area contributed by atoms with Crippen LogP contribution in [0, 0.1) is 5.92 Å². The van der Waals surface area contributed by atoms with Gasteiger partial charge in [-0.25, -0.2) is 4.98 Å². The molecule has 100 valence electrons. The number of nitrogens with zero attached hydrogens (tertiary/aromatic N) is 2. The number of rotatable bonds is 5. The van der Waals surface area contributed by atoms with Crippen LogP contribution in [0.25, 0.3) is 0 Å². The molecule has 0 saturated heterocycles. The number of pyridine rings is 1. The number of carbonyl (C=O) groups excluding carboxylic acids is 1. The molecule has 4 heteroatoms. The zero-order chi connectivity index (χ0) is 13.7. The highest BCUT2D eigenvalue weighted by atomic mass is 16.2. The van der Waals surface area contributed by atoms with Gasteiger partial charge in [0.05, 0.1) is 0 Å². The molecule has 1 rings (SSSR count). The van der Waals surface area contributed by atoms with Crippen molar-refractivity contribution >= 4 is 11.7 Å². The molecule has 0 spiro atoms. The standard InChI is InChI=1S/C14H23N3O/c1-6-12-7-11(8-13(15-4)16-12)14(18)17(5)9-10(2)3/h7-8,10H,6,9H2,1-5H3,(H,15,16). The molecule has 0 aliphatic carbocycles. The normalized spacial score (nSPS) is 10.6. The molecule has 1 aromatic heterocycles. The lowest BCUT2D eigenvalue weighted by molar-refractivity contribution is 0.0779. The Balaban J connectivity index is 2.97. The quantitative estimate of drug-likeness (QED) is 0.871. The van der Waals surface area contributed by atoms with Crippen LogP contribution in [-0.4, -0.2) is 36.4 Å². The van der Waals surface area contributed by atoms with Crippen molar-refractivity contribution in [2.75, 3.05) is 26.0 Å². The summed E-state index contributed by atoms with van der Waals surface area (Å²) in [4.78, 5) is 18.4. The summed E-state index contributed by atoms with van der Waals surface area (Å²) in [6.07, 6.45) is 0.823. The van der Waals surface area contributed by atoms with Crippen LogP contribution in [0.5, 0.6) is 0 Å². The third kappa shape index (κ3) is 3.72. The molecule has 0 aliphatic heterocycles. The summed E-state index contributed by atoms with van der Waals surface area (Å²) < 4.78 is 0. The summed E-state index contributed by atoms with van der Waals surface area (Å²) in [5.74, 6) is 1.27. The zero-order valence-corrected chi connectivity index (χ0v) is 11.9. The van der Waals surface area contributed by atoms with Crippen molar-refractivity contribution in [2.24, 2.45) is 5.92 Å². The van der Waals surface area contributed by atoms with E-state index in [4.69, 9.17) is 0 Å². The van der Waals surface area contributed by atoms with Crippen LogP contribution < -0.4 is 5.32 Å². The van der Waals surface area contributed by atoms with Crippen molar-refractivity contribution in [3.8, 4) is 0 Å². The maximum atomic E-state index is 12.3. The lowest BCUT2D eigenvalue weighted by Crippen LogP contribution is -2.30. The van der Waals surface area contributed by atoms with Crippen molar-refractivity contribution in [3.63, 3.8) is 0 Å². The van der Waals surface area contributed by atoms with Gasteiger partial charge in [0.1, 0.15) is 5.82 Å². The van der Waals surface area contributed by atoms with Crippen LogP contribution in [0.2, 0.25) is 0 Å². The first kappa shape index (κ1) is 14.5. The van der Waals surface area contributed by atoms with Gasteiger partial charge in [0.2, 0.25) is 0 Å². The predicted molar refractivity (Wildman–Crippen MR) is 75.0 cm³/mol. The summed E-state index contributed by atoms with van der Waals surface area (Å²) >= 11 is 0. The van der Waals surface area contributed by atoms with Crippen LogP contribution in [-0.2, 0) is 6.42 Å². The molecule has 0 bridgehead atoms. The number of hydrogen-bond acceptors (Lipinski definition) is 3. The molecule has 1 N–H and O–H groups in total. The van der Waals surface area contributed by atoms with E-state index in [1.165, 1.54) is 0 Å². The number of aryl methyl sites for hydroxylation is 1. The first-order valence-electron chi connectivity index (χ1n) is 6.42. The highest BCUT2D eigenvalue weighted by molar-refractivity contribution is 5.94. The molecule has 0 aliphatic rings. The van der Waals surface area contributed by atoms with E-state index in [9.17, 15) is 4.79 Å². The second kappa shape index (κ2) is 6.38. The number of amides is 1. The molecule has 1 aromatic rings. The Morgan fingerprint density at radius 3 is 2.61 bits per heavy atom. The van der Waals surface area contributed by atoms with Crippen LogP contribution in [0.3, 0.4) is 0 Å². The summed E-state index contributed by atoms with van der Waals surface area (Å²) in [7, 11) is 3.65. The van der Waals surface area contributed by atoms with Crippen molar-refractivity contribution < 1.29 is 4.79 Å². The second-order valence-corrected chi connectivity index (χ2v) is 4.92. The zero-order valence-electron chi connectivity index (χ0n) is 11.9. The average Bonchev–Trinajstić information content (AvgIpc) is 2.36. The van der Waals surface area contributed by atoms with Crippen molar-refractivity contribution in [1.82, 2.24) is 9.88 Å². The molecule has 0 atom stereocenters. The van der Waals surface area contributed by atoms with E-state index < -0.39 is 0 Å². The number of anilines is 1. The number of carbonyl (C=O) groups is 1. The fourth-order valence-corrected chi connectivity index (χ4v) is 1.87. The Bertz CT molecular complexity index is 393. The van der Waals surface area contributed by atoms with Gasteiger partial charge in [-0.2, -0.15) is 0 Å². The van der Waals surface area contributed by atoms with Crippen molar-refractivity contribution in [2.45, 2.75) is 27.2 Å². The fourth-order valence-electron chi connectivity index (χ4n) is 1.87. The van der Waals surface area contributed by atoms with Gasteiger partial charge < -0.3 is 10.2 Å². The summed E-state index contributed by atoms with van der Waals surface area (Å²) in [6.45, 7) is 7.00. The third-order valence-electron chi connectivity index (χ3n) is 2.73. The van der Waals surface area contributed by atoms with Crippen LogP contribution in [0.4, 0.5) is 5.82 Å². The van der Waals surface area contributed by atoms with Gasteiger partial charge in [-0.3, -0.25) is 4.79 Å². The van der Waals surface area contributed by atoms with E-state index in [0.29, 0.717) is 11.5 Å². The Kier molecular flexibility index (Phi) is 5.13. The second-order valence-electron chi connectivity index (χ2n) is 4.92. The summed E-state index contributed by atoms with van der Waals surface area (Å²) in [6, 6.07) is 3.68. The molecule has 0 fully saturated rings. The van der Waals surface area contributed by atoms with E-state index in [0.717, 1.165) is 24.5 Å². The third-order valence-corrected chi connectivity index (χ3v) is 2.73. The molecule has 0 saturated carbocycles. The first-order chi connectivity index (χ1) is 8.47. The van der Waals surface area contributed by atoms with E-state index >= 15 is 0 Å². The fraction of sp³-hybridized carbons (Fsp3) is 0.571. The Morgan fingerprint density at radius 2 is 2.11 bits per heavy atom. The minimum absolute atomic E-state index is 0.0531. The highest BCUT2D eigenvalue weighted by Gasteiger charge is 2.14. The number of nitrogens with one attached hydrogen (secondary N) is 1. The van der Waals surface area contributed by atoms with E-state index in [1.54, 1.807) is 11.0 Å². The minimum atomic E-state index is 0.0531. The maximum absolute atomic E-state index is 12.3. The number of hydrogen-bond donors (Lipinski definition) is 1. The molecule has 18 heavy (non-hydrogen) atoms. The Hall–Kier alpha value is -1.58. The van der Waals surface area contributed by atoms with Crippen LogP contribution in [0.15, 0.2) is 12.1 Å². The van der Waals surface area contributed by atoms with E-state index in [1.807, 2.05) is 27.1 Å². The van der Waals surface area contributed by atoms with E-state index in [2.05, 4.69) is 24.1 Å². The lowest BCUT2D eigenvalue weighted by Gasteiger charge is -2.20. The highest BCUT2D eigenvalue weighted by Crippen LogP contribution is 2.13. The molecule has 1 amide bonds. The van der Waals surface area contributed by atoms with Gasteiger partial charge in [0, 0.05) is 31.9 Å². The van der Waals surface area contributed by atoms with Gasteiger partial charge in [-0.05, 0) is 24.5 Å². The van der Waals surface area contributed by atoms with Crippen LogP contribution >= 0.6 is 0 Å². The Morgan fingerprint density at radius 1 is 1.44 bits per heavy atom. The summed E-state index contributed by atoms with van der Waals surface area (Å²) in [5, 5.41) is 2.99. The molecule has 4 nitrogen and oxygen atoms in total. The van der Waals surface area contributed by atoms with Crippen molar-refractivity contribution in [1.29, 1.82) is 0 Å². The summed E-state index contributed by atoms with van der Waals surface area (Å²) in [5.41, 5.74) is 1.64. The van der Waals surface area contributed by atoms with Gasteiger partial charge in [0.15, 0.2) is 0 Å². The maximum Gasteiger partial charge on any atom is 0.253 e. The smallest absolute Gasteiger partial charge is 0.253 e. The molecule has 1 heterocycles.